The van der Waals surface area contributed by atoms with Crippen LogP contribution in [0.1, 0.15) is 20.8 Å². The Morgan fingerprint density at radius 1 is 1.53 bits per heavy atom. The van der Waals surface area contributed by atoms with Crippen LogP contribution < -0.4 is 5.32 Å². The van der Waals surface area contributed by atoms with Gasteiger partial charge in [-0.1, -0.05) is 13.8 Å². The first kappa shape index (κ1) is 15.0. The van der Waals surface area contributed by atoms with E-state index in [0.717, 1.165) is 0 Å². The molecule has 0 aromatic carbocycles. The van der Waals surface area contributed by atoms with Crippen LogP contribution in [-0.4, -0.2) is 44.9 Å². The number of hydrogen-bond acceptors (Lipinski definition) is 3. The second-order valence-corrected chi connectivity index (χ2v) is 4.68. The van der Waals surface area contributed by atoms with Crippen LogP contribution >= 0.6 is 0 Å². The van der Waals surface area contributed by atoms with Gasteiger partial charge in [0.1, 0.15) is 6.54 Å². The lowest BCUT2D eigenvalue weighted by Gasteiger charge is -2.22. The van der Waals surface area contributed by atoms with E-state index in [0.29, 0.717) is 24.7 Å². The fraction of sp³-hybridized carbons (Fsp3) is 0.583. The Hall–Kier alpha value is -2.05. The maximum absolute atomic E-state index is 12.0. The van der Waals surface area contributed by atoms with Crippen molar-refractivity contribution in [3.05, 3.63) is 12.4 Å². The summed E-state index contributed by atoms with van der Waals surface area (Å²) in [6, 6.07) is -0.203. The third-order valence-corrected chi connectivity index (χ3v) is 2.44. The standard InChI is InChI=1S/C12H20N4O3/c1-4-15(6-9(2)3)12(19)14-10-5-13-16(7-10)8-11(17)18/h5,7,9H,4,6,8H2,1-3H3,(H,14,19)(H,17,18). The first-order valence-corrected chi connectivity index (χ1v) is 6.22. The Kier molecular flexibility index (Phi) is 5.35. The van der Waals surface area contributed by atoms with E-state index in [1.54, 1.807) is 4.90 Å². The van der Waals surface area contributed by atoms with Crippen LogP contribution in [0.2, 0.25) is 0 Å². The first-order chi connectivity index (χ1) is 8.92. The number of aliphatic carboxylic acids is 1. The van der Waals surface area contributed by atoms with Gasteiger partial charge in [-0.15, -0.1) is 0 Å². The van der Waals surface area contributed by atoms with Gasteiger partial charge in [-0.3, -0.25) is 9.48 Å². The normalized spacial score (nSPS) is 10.5. The summed E-state index contributed by atoms with van der Waals surface area (Å²) in [6.07, 6.45) is 2.93. The van der Waals surface area contributed by atoms with E-state index >= 15 is 0 Å². The van der Waals surface area contributed by atoms with Gasteiger partial charge in [-0.25, -0.2) is 4.79 Å². The van der Waals surface area contributed by atoms with Gasteiger partial charge in [-0.05, 0) is 12.8 Å². The molecule has 0 saturated heterocycles. The van der Waals surface area contributed by atoms with Crippen molar-refractivity contribution in [1.82, 2.24) is 14.7 Å². The number of urea groups is 1. The van der Waals surface area contributed by atoms with Crippen molar-refractivity contribution in [2.75, 3.05) is 18.4 Å². The minimum Gasteiger partial charge on any atom is -0.480 e. The Bertz CT molecular complexity index is 442. The molecule has 0 saturated carbocycles. The molecule has 0 fully saturated rings. The fourth-order valence-corrected chi connectivity index (χ4v) is 1.65. The number of rotatable bonds is 6. The Morgan fingerprint density at radius 2 is 2.21 bits per heavy atom. The van der Waals surface area contributed by atoms with E-state index in [1.165, 1.54) is 17.1 Å². The van der Waals surface area contributed by atoms with Crippen LogP contribution in [0.4, 0.5) is 10.5 Å². The molecule has 2 N–H and O–H groups in total. The molecule has 0 aliphatic heterocycles. The molecule has 0 unspecified atom stereocenters. The number of aromatic nitrogens is 2. The Labute approximate surface area is 112 Å². The SMILES string of the molecule is CCN(CC(C)C)C(=O)Nc1cnn(CC(=O)O)c1. The van der Waals surface area contributed by atoms with Gasteiger partial charge < -0.3 is 15.3 Å². The first-order valence-electron chi connectivity index (χ1n) is 6.22. The lowest BCUT2D eigenvalue weighted by molar-refractivity contribution is -0.137. The topological polar surface area (TPSA) is 87.5 Å². The molecule has 0 spiro atoms. The molecule has 19 heavy (non-hydrogen) atoms. The second kappa shape index (κ2) is 6.77. The van der Waals surface area contributed by atoms with E-state index in [1.807, 2.05) is 20.8 Å². The van der Waals surface area contributed by atoms with Gasteiger partial charge in [0, 0.05) is 19.3 Å². The van der Waals surface area contributed by atoms with Crippen LogP contribution in [0.3, 0.4) is 0 Å². The predicted molar refractivity (Wildman–Crippen MR) is 71.0 cm³/mol. The number of carboxylic acids is 1. The van der Waals surface area contributed by atoms with E-state index in [4.69, 9.17) is 5.11 Å². The van der Waals surface area contributed by atoms with Crippen LogP contribution in [0.25, 0.3) is 0 Å². The number of hydrogen-bond donors (Lipinski definition) is 2. The number of anilines is 1. The molecular formula is C12H20N4O3. The Balaban J connectivity index is 2.60. The molecule has 0 aliphatic rings. The molecule has 1 aromatic heterocycles. The van der Waals surface area contributed by atoms with Crippen LogP contribution in [0, 0.1) is 5.92 Å². The van der Waals surface area contributed by atoms with Crippen molar-refractivity contribution in [3.63, 3.8) is 0 Å². The molecule has 7 heteroatoms. The van der Waals surface area contributed by atoms with Gasteiger partial charge >= 0.3 is 12.0 Å². The molecule has 0 aliphatic carbocycles. The number of carbonyl (C=O) groups excluding carboxylic acids is 1. The highest BCUT2D eigenvalue weighted by Crippen LogP contribution is 2.07. The highest BCUT2D eigenvalue weighted by molar-refractivity contribution is 5.89. The maximum Gasteiger partial charge on any atom is 0.325 e. The van der Waals surface area contributed by atoms with Crippen molar-refractivity contribution in [1.29, 1.82) is 0 Å². The van der Waals surface area contributed by atoms with Crippen molar-refractivity contribution >= 4 is 17.7 Å². The van der Waals surface area contributed by atoms with E-state index in [-0.39, 0.29) is 12.6 Å². The minimum atomic E-state index is -0.976. The molecule has 1 aromatic rings. The third kappa shape index (κ3) is 4.99. The predicted octanol–water partition coefficient (Wildman–Crippen LogP) is 1.48. The molecule has 1 heterocycles. The highest BCUT2D eigenvalue weighted by Gasteiger charge is 2.14. The van der Waals surface area contributed by atoms with Gasteiger partial charge in [0.2, 0.25) is 0 Å². The van der Waals surface area contributed by atoms with Gasteiger partial charge in [-0.2, -0.15) is 5.10 Å². The monoisotopic (exact) mass is 268 g/mol. The van der Waals surface area contributed by atoms with Crippen LogP contribution in [0.15, 0.2) is 12.4 Å². The maximum atomic E-state index is 12.0. The quantitative estimate of drug-likeness (QED) is 0.818. The highest BCUT2D eigenvalue weighted by atomic mass is 16.4. The summed E-state index contributed by atoms with van der Waals surface area (Å²) in [7, 11) is 0. The lowest BCUT2D eigenvalue weighted by atomic mass is 10.2. The van der Waals surface area contributed by atoms with Gasteiger partial charge in [0.05, 0.1) is 11.9 Å². The summed E-state index contributed by atoms with van der Waals surface area (Å²) < 4.78 is 1.26. The lowest BCUT2D eigenvalue weighted by Crippen LogP contribution is -2.37. The summed E-state index contributed by atoms with van der Waals surface area (Å²) in [4.78, 5) is 24.2. The van der Waals surface area contributed by atoms with E-state index in [9.17, 15) is 9.59 Å². The molecule has 1 rings (SSSR count). The van der Waals surface area contributed by atoms with Crippen molar-refractivity contribution in [2.45, 2.75) is 27.3 Å². The second-order valence-electron chi connectivity index (χ2n) is 4.68. The average Bonchev–Trinajstić information content (AvgIpc) is 2.71. The minimum absolute atomic E-state index is 0.203. The molecule has 0 atom stereocenters. The number of nitrogens with one attached hydrogen (secondary N) is 1. The molecule has 0 bridgehead atoms. The number of nitrogens with zero attached hydrogens (tertiary/aromatic N) is 3. The molecule has 0 radical (unpaired) electrons. The zero-order valence-electron chi connectivity index (χ0n) is 11.5. The summed E-state index contributed by atoms with van der Waals surface area (Å²) in [5, 5.41) is 15.2. The summed E-state index contributed by atoms with van der Waals surface area (Å²) in [6.45, 7) is 7.07. The third-order valence-electron chi connectivity index (χ3n) is 2.44. The number of carbonyl (C=O) groups is 2. The largest absolute Gasteiger partial charge is 0.480 e. The average molecular weight is 268 g/mol. The van der Waals surface area contributed by atoms with Crippen molar-refractivity contribution in [3.8, 4) is 0 Å². The summed E-state index contributed by atoms with van der Waals surface area (Å²) in [5.74, 6) is -0.587. The van der Waals surface area contributed by atoms with Crippen LogP contribution in [0.5, 0.6) is 0 Å². The van der Waals surface area contributed by atoms with Crippen LogP contribution in [-0.2, 0) is 11.3 Å². The zero-order chi connectivity index (χ0) is 14.4. The number of amides is 2. The smallest absolute Gasteiger partial charge is 0.325 e. The fourth-order valence-electron chi connectivity index (χ4n) is 1.65. The summed E-state index contributed by atoms with van der Waals surface area (Å²) >= 11 is 0. The molecule has 7 nitrogen and oxygen atoms in total. The number of carboxylic acid groups (broad SMARTS) is 1. The van der Waals surface area contributed by atoms with Gasteiger partial charge in [0.15, 0.2) is 0 Å². The summed E-state index contributed by atoms with van der Waals surface area (Å²) in [5.41, 5.74) is 0.494. The zero-order valence-corrected chi connectivity index (χ0v) is 11.5. The van der Waals surface area contributed by atoms with Crippen molar-refractivity contribution in [2.24, 2.45) is 5.92 Å². The molecular weight excluding hydrogens is 248 g/mol. The van der Waals surface area contributed by atoms with E-state index < -0.39 is 5.97 Å². The molecule has 2 amide bonds. The van der Waals surface area contributed by atoms with E-state index in [2.05, 4.69) is 10.4 Å². The van der Waals surface area contributed by atoms with Gasteiger partial charge in [0.25, 0.3) is 0 Å². The Morgan fingerprint density at radius 3 is 2.74 bits per heavy atom. The van der Waals surface area contributed by atoms with Crippen molar-refractivity contribution < 1.29 is 14.7 Å². The molecule has 106 valence electrons.